The normalized spacial score (nSPS) is 22.5. The topological polar surface area (TPSA) is 76.1 Å². The molecule has 2 aromatic rings. The van der Waals surface area contributed by atoms with Crippen LogP contribution in [0.2, 0.25) is 0 Å². The van der Waals surface area contributed by atoms with Gasteiger partial charge in [-0.1, -0.05) is 48.9 Å². The number of Topliss-reactive ketones (excluding diaryl/α,β-unsaturated/α-hetero) is 1. The summed E-state index contributed by atoms with van der Waals surface area (Å²) in [7, 11) is 0. The van der Waals surface area contributed by atoms with Gasteiger partial charge in [-0.3, -0.25) is 9.59 Å². The molecule has 0 saturated carbocycles. The van der Waals surface area contributed by atoms with Gasteiger partial charge in [-0.05, 0) is 43.9 Å². The van der Waals surface area contributed by atoms with Crippen molar-refractivity contribution in [3.8, 4) is 5.75 Å². The van der Waals surface area contributed by atoms with E-state index >= 15 is 0 Å². The summed E-state index contributed by atoms with van der Waals surface area (Å²) in [5.41, 5.74) is 2.41. The predicted molar refractivity (Wildman–Crippen MR) is 121 cm³/mol. The molecule has 168 valence electrons. The van der Waals surface area contributed by atoms with E-state index in [0.29, 0.717) is 25.3 Å². The number of rotatable bonds is 7. The van der Waals surface area contributed by atoms with Gasteiger partial charge in [0.2, 0.25) is 0 Å². The number of hydrogen-bond acceptors (Lipinski definition) is 5. The first-order valence-electron chi connectivity index (χ1n) is 11.2. The van der Waals surface area contributed by atoms with Crippen LogP contribution >= 0.6 is 0 Å². The lowest BCUT2D eigenvalue weighted by Gasteiger charge is -2.27. The van der Waals surface area contributed by atoms with Crippen LogP contribution in [0.15, 0.2) is 54.1 Å². The van der Waals surface area contributed by atoms with Crippen LogP contribution in [0, 0.1) is 6.92 Å². The monoisotopic (exact) mass is 435 g/mol. The highest BCUT2D eigenvalue weighted by molar-refractivity contribution is 6.46. The zero-order valence-electron chi connectivity index (χ0n) is 18.5. The van der Waals surface area contributed by atoms with E-state index in [4.69, 9.17) is 9.47 Å². The number of ketones is 1. The molecule has 1 amide bonds. The van der Waals surface area contributed by atoms with E-state index < -0.39 is 17.7 Å². The maximum absolute atomic E-state index is 13.1. The molecule has 0 aromatic heterocycles. The van der Waals surface area contributed by atoms with Gasteiger partial charge in [-0.25, -0.2) is 0 Å². The Kier molecular flexibility index (Phi) is 6.61. The highest BCUT2D eigenvalue weighted by Crippen LogP contribution is 2.40. The lowest BCUT2D eigenvalue weighted by atomic mass is 9.95. The average Bonchev–Trinajstić information content (AvgIpc) is 3.40. The third-order valence-corrected chi connectivity index (χ3v) is 5.96. The van der Waals surface area contributed by atoms with E-state index in [-0.39, 0.29) is 17.4 Å². The van der Waals surface area contributed by atoms with Gasteiger partial charge >= 0.3 is 0 Å². The molecule has 0 aliphatic carbocycles. The third kappa shape index (κ3) is 4.41. The third-order valence-electron chi connectivity index (χ3n) is 5.96. The van der Waals surface area contributed by atoms with Crippen LogP contribution in [0.4, 0.5) is 0 Å². The van der Waals surface area contributed by atoms with E-state index in [0.717, 1.165) is 36.1 Å². The van der Waals surface area contributed by atoms with Gasteiger partial charge in [0.15, 0.2) is 0 Å². The summed E-state index contributed by atoms with van der Waals surface area (Å²) < 4.78 is 11.4. The van der Waals surface area contributed by atoms with Crippen LogP contribution < -0.4 is 4.74 Å². The number of carbonyl (C=O) groups excluding carboxylic acids is 2. The van der Waals surface area contributed by atoms with Crippen LogP contribution in [-0.4, -0.2) is 47.6 Å². The first kappa shape index (κ1) is 22.1. The number of aliphatic hydroxyl groups is 1. The van der Waals surface area contributed by atoms with Crippen molar-refractivity contribution in [3.05, 3.63) is 70.8 Å². The van der Waals surface area contributed by atoms with Crippen molar-refractivity contribution in [3.63, 3.8) is 0 Å². The molecule has 0 radical (unpaired) electrons. The molecule has 6 nitrogen and oxygen atoms in total. The van der Waals surface area contributed by atoms with E-state index in [1.807, 2.05) is 50.2 Å². The standard InChI is InChI=1S/C26H29NO5/c1-3-14-31-20-12-10-18(11-13-20)23-22(24(28)19-8-6-17(2)7-9-19)25(29)26(30)27(23)16-21-5-4-15-32-21/h6-13,21,23,28H,3-5,14-16H2,1-2H3/b24-22+. The summed E-state index contributed by atoms with van der Waals surface area (Å²) >= 11 is 0. The van der Waals surface area contributed by atoms with Crippen molar-refractivity contribution >= 4 is 17.4 Å². The van der Waals surface area contributed by atoms with Gasteiger partial charge < -0.3 is 19.5 Å². The molecule has 0 spiro atoms. The maximum atomic E-state index is 13.1. The molecule has 2 aliphatic heterocycles. The molecule has 4 rings (SSSR count). The summed E-state index contributed by atoms with van der Waals surface area (Å²) in [6.45, 7) is 5.58. The average molecular weight is 436 g/mol. The Labute approximate surface area is 188 Å². The van der Waals surface area contributed by atoms with Crippen molar-refractivity contribution in [2.24, 2.45) is 0 Å². The van der Waals surface area contributed by atoms with Crippen LogP contribution in [0.5, 0.6) is 5.75 Å². The van der Waals surface area contributed by atoms with Crippen molar-refractivity contribution in [1.82, 2.24) is 4.90 Å². The van der Waals surface area contributed by atoms with Gasteiger partial charge in [-0.15, -0.1) is 0 Å². The fourth-order valence-corrected chi connectivity index (χ4v) is 4.26. The molecule has 0 bridgehead atoms. The Morgan fingerprint density at radius 2 is 1.84 bits per heavy atom. The Morgan fingerprint density at radius 3 is 2.47 bits per heavy atom. The Balaban J connectivity index is 1.75. The minimum Gasteiger partial charge on any atom is -0.507 e. The lowest BCUT2D eigenvalue weighted by Crippen LogP contribution is -2.36. The van der Waals surface area contributed by atoms with Gasteiger partial charge in [0.05, 0.1) is 24.3 Å². The molecule has 6 heteroatoms. The molecular formula is C26H29NO5. The number of likely N-dealkylation sites (tertiary alicyclic amines) is 1. The maximum Gasteiger partial charge on any atom is 0.295 e. The Hall–Kier alpha value is -3.12. The number of nitrogens with zero attached hydrogens (tertiary/aromatic N) is 1. The van der Waals surface area contributed by atoms with Crippen LogP contribution in [0.1, 0.15) is 48.9 Å². The van der Waals surface area contributed by atoms with Crippen LogP contribution in [0.3, 0.4) is 0 Å². The summed E-state index contributed by atoms with van der Waals surface area (Å²) in [4.78, 5) is 27.7. The largest absolute Gasteiger partial charge is 0.507 e. The highest BCUT2D eigenvalue weighted by Gasteiger charge is 2.47. The molecule has 2 aliphatic rings. The smallest absolute Gasteiger partial charge is 0.295 e. The second-order valence-electron chi connectivity index (χ2n) is 8.37. The first-order chi connectivity index (χ1) is 15.5. The predicted octanol–water partition coefficient (Wildman–Crippen LogP) is 4.38. The molecule has 2 heterocycles. The van der Waals surface area contributed by atoms with Gasteiger partial charge in [0.25, 0.3) is 11.7 Å². The fraction of sp³-hybridized carbons (Fsp3) is 0.385. The van der Waals surface area contributed by atoms with Gasteiger partial charge in [0, 0.05) is 18.7 Å². The Bertz CT molecular complexity index is 1000. The number of aryl methyl sites for hydroxylation is 1. The minimum atomic E-state index is -0.680. The van der Waals surface area contributed by atoms with Crippen LogP contribution in [-0.2, 0) is 14.3 Å². The number of ether oxygens (including phenoxy) is 2. The second kappa shape index (κ2) is 9.57. The number of aliphatic hydroxyl groups excluding tert-OH is 1. The van der Waals surface area contributed by atoms with E-state index in [1.165, 1.54) is 0 Å². The first-order valence-corrected chi connectivity index (χ1v) is 11.2. The molecule has 2 atom stereocenters. The van der Waals surface area contributed by atoms with Crippen LogP contribution in [0.25, 0.3) is 5.76 Å². The Morgan fingerprint density at radius 1 is 1.12 bits per heavy atom. The van der Waals surface area contributed by atoms with E-state index in [1.54, 1.807) is 17.0 Å². The number of amides is 1. The van der Waals surface area contributed by atoms with Gasteiger partial charge in [0.1, 0.15) is 11.5 Å². The molecule has 2 aromatic carbocycles. The molecule has 1 N–H and O–H groups in total. The van der Waals surface area contributed by atoms with Crippen molar-refractivity contribution in [1.29, 1.82) is 0 Å². The number of benzene rings is 2. The summed E-state index contributed by atoms with van der Waals surface area (Å²) in [5.74, 6) is -0.706. The quantitative estimate of drug-likeness (QED) is 0.397. The molecule has 2 fully saturated rings. The zero-order valence-corrected chi connectivity index (χ0v) is 18.5. The second-order valence-corrected chi connectivity index (χ2v) is 8.37. The van der Waals surface area contributed by atoms with E-state index in [2.05, 4.69) is 0 Å². The van der Waals surface area contributed by atoms with Gasteiger partial charge in [-0.2, -0.15) is 0 Å². The van der Waals surface area contributed by atoms with Crippen molar-refractivity contribution < 1.29 is 24.2 Å². The highest BCUT2D eigenvalue weighted by atomic mass is 16.5. The van der Waals surface area contributed by atoms with Crippen molar-refractivity contribution in [2.75, 3.05) is 19.8 Å². The summed E-state index contributed by atoms with van der Waals surface area (Å²) in [5, 5.41) is 11.1. The lowest BCUT2D eigenvalue weighted by molar-refractivity contribution is -0.140. The minimum absolute atomic E-state index is 0.109. The summed E-state index contributed by atoms with van der Waals surface area (Å²) in [6.07, 6.45) is 2.57. The number of carbonyl (C=O) groups is 2. The molecule has 32 heavy (non-hydrogen) atoms. The molecule has 2 unspecified atom stereocenters. The van der Waals surface area contributed by atoms with Crippen molar-refractivity contribution in [2.45, 2.75) is 45.3 Å². The SMILES string of the molecule is CCCOc1ccc(C2/C(=C(\O)c3ccc(C)cc3)C(=O)C(=O)N2CC2CCCO2)cc1. The molecule has 2 saturated heterocycles. The molecular weight excluding hydrogens is 406 g/mol. The fourth-order valence-electron chi connectivity index (χ4n) is 4.26. The number of hydrogen-bond donors (Lipinski definition) is 1. The summed E-state index contributed by atoms with van der Waals surface area (Å²) in [6, 6.07) is 14.0. The zero-order chi connectivity index (χ0) is 22.7. The van der Waals surface area contributed by atoms with E-state index in [9.17, 15) is 14.7 Å².